The minimum Gasteiger partial charge on any atom is -0.375 e. The predicted octanol–water partition coefficient (Wildman–Crippen LogP) is 4.16. The smallest absolute Gasteiger partial charge is 0.251 e. The molecule has 1 amide bonds. The van der Waals surface area contributed by atoms with Gasteiger partial charge >= 0.3 is 0 Å². The Bertz CT molecular complexity index is 1130. The van der Waals surface area contributed by atoms with Crippen molar-refractivity contribution in [3.63, 3.8) is 0 Å². The highest BCUT2D eigenvalue weighted by atomic mass is 32.2. The number of hydrogen-bond donors (Lipinski definition) is 1. The van der Waals surface area contributed by atoms with E-state index in [1.165, 1.54) is 10.6 Å². The lowest BCUT2D eigenvalue weighted by atomic mass is 10.1. The Balaban J connectivity index is 1.53. The summed E-state index contributed by atoms with van der Waals surface area (Å²) in [6, 6.07) is 24.3. The molecule has 174 valence electrons. The van der Waals surface area contributed by atoms with E-state index in [0.717, 1.165) is 23.1 Å². The number of benzene rings is 3. The summed E-state index contributed by atoms with van der Waals surface area (Å²) in [5, 5.41) is 2.84. The average molecular weight is 467 g/mol. The van der Waals surface area contributed by atoms with E-state index in [0.29, 0.717) is 31.0 Å². The highest BCUT2D eigenvalue weighted by molar-refractivity contribution is 7.92. The molecule has 6 nitrogen and oxygen atoms in total. The van der Waals surface area contributed by atoms with E-state index in [-0.39, 0.29) is 12.5 Å². The van der Waals surface area contributed by atoms with Gasteiger partial charge in [0.15, 0.2) is 0 Å². The van der Waals surface area contributed by atoms with Crippen molar-refractivity contribution in [2.45, 2.75) is 26.5 Å². The third-order valence-electron chi connectivity index (χ3n) is 5.22. The average Bonchev–Trinajstić information content (AvgIpc) is 2.82. The maximum absolute atomic E-state index is 12.4. The molecule has 0 aliphatic rings. The van der Waals surface area contributed by atoms with E-state index in [9.17, 15) is 13.2 Å². The zero-order valence-corrected chi connectivity index (χ0v) is 19.8. The van der Waals surface area contributed by atoms with Crippen molar-refractivity contribution in [3.05, 3.63) is 101 Å². The SMILES string of the molecule is CCc1ccc(N(Cc2ccc(C(=O)NCCOCc3ccccc3)cc2)S(C)(=O)=O)cc1. The van der Waals surface area contributed by atoms with Crippen LogP contribution in [0.2, 0.25) is 0 Å². The number of nitrogens with zero attached hydrogens (tertiary/aromatic N) is 1. The van der Waals surface area contributed by atoms with E-state index in [1.807, 2.05) is 54.6 Å². The van der Waals surface area contributed by atoms with Gasteiger partial charge in [-0.3, -0.25) is 9.10 Å². The molecular formula is C26H30N2O4S. The van der Waals surface area contributed by atoms with Gasteiger partial charge in [0.05, 0.1) is 31.7 Å². The standard InChI is InChI=1S/C26H30N2O4S/c1-3-21-11-15-25(16-12-21)28(33(2,30)31)19-22-9-13-24(14-10-22)26(29)27-17-18-32-20-23-7-5-4-6-8-23/h4-16H,3,17-20H2,1-2H3,(H,27,29). The minimum absolute atomic E-state index is 0.194. The number of ether oxygens (including phenoxy) is 1. The zero-order valence-electron chi connectivity index (χ0n) is 19.0. The summed E-state index contributed by atoms with van der Waals surface area (Å²) in [4.78, 5) is 12.4. The minimum atomic E-state index is -3.46. The fraction of sp³-hybridized carbons (Fsp3) is 0.269. The van der Waals surface area contributed by atoms with E-state index in [1.54, 1.807) is 24.3 Å². The van der Waals surface area contributed by atoms with Crippen LogP contribution in [-0.2, 0) is 34.3 Å². The van der Waals surface area contributed by atoms with Crippen LogP contribution >= 0.6 is 0 Å². The summed E-state index contributed by atoms with van der Waals surface area (Å²) in [5.74, 6) is -0.194. The molecule has 0 fully saturated rings. The normalized spacial score (nSPS) is 11.2. The van der Waals surface area contributed by atoms with E-state index >= 15 is 0 Å². The molecule has 33 heavy (non-hydrogen) atoms. The Hall–Kier alpha value is -3.16. The van der Waals surface area contributed by atoms with Crippen LogP contribution in [0.4, 0.5) is 5.69 Å². The van der Waals surface area contributed by atoms with Crippen molar-refractivity contribution in [2.24, 2.45) is 0 Å². The topological polar surface area (TPSA) is 75.7 Å². The molecule has 0 bridgehead atoms. The summed E-state index contributed by atoms with van der Waals surface area (Å²) >= 11 is 0. The quantitative estimate of drug-likeness (QED) is 0.431. The molecule has 0 saturated heterocycles. The van der Waals surface area contributed by atoms with Gasteiger partial charge in [-0.25, -0.2) is 8.42 Å². The van der Waals surface area contributed by atoms with Crippen molar-refractivity contribution in [2.75, 3.05) is 23.7 Å². The molecule has 0 spiro atoms. The van der Waals surface area contributed by atoms with Crippen LogP contribution in [0.1, 0.15) is 34.0 Å². The Labute approximate surface area is 196 Å². The van der Waals surface area contributed by atoms with Gasteiger partial charge in [-0.15, -0.1) is 0 Å². The van der Waals surface area contributed by atoms with Gasteiger partial charge < -0.3 is 10.1 Å². The van der Waals surface area contributed by atoms with Gasteiger partial charge in [-0.1, -0.05) is 61.5 Å². The Morgan fingerprint density at radius 2 is 1.52 bits per heavy atom. The molecule has 0 aliphatic carbocycles. The Morgan fingerprint density at radius 3 is 2.12 bits per heavy atom. The second-order valence-electron chi connectivity index (χ2n) is 7.78. The molecule has 1 N–H and O–H groups in total. The second kappa shape index (κ2) is 11.6. The number of hydrogen-bond acceptors (Lipinski definition) is 4. The molecule has 7 heteroatoms. The van der Waals surface area contributed by atoms with Gasteiger partial charge in [-0.2, -0.15) is 0 Å². The van der Waals surface area contributed by atoms with E-state index in [2.05, 4.69) is 12.2 Å². The van der Waals surface area contributed by atoms with E-state index < -0.39 is 10.0 Å². The molecule has 0 radical (unpaired) electrons. The number of carbonyl (C=O) groups is 1. The first-order chi connectivity index (χ1) is 15.9. The molecule has 3 aromatic rings. The van der Waals surface area contributed by atoms with Crippen LogP contribution in [0.25, 0.3) is 0 Å². The summed E-state index contributed by atoms with van der Waals surface area (Å²) in [7, 11) is -3.46. The molecule has 0 unspecified atom stereocenters. The first-order valence-electron chi connectivity index (χ1n) is 10.9. The number of sulfonamides is 1. The molecule has 0 aromatic heterocycles. The fourth-order valence-corrected chi connectivity index (χ4v) is 4.22. The van der Waals surface area contributed by atoms with Crippen LogP contribution in [0.3, 0.4) is 0 Å². The van der Waals surface area contributed by atoms with Crippen LogP contribution in [-0.4, -0.2) is 33.7 Å². The van der Waals surface area contributed by atoms with Crippen molar-refractivity contribution < 1.29 is 17.9 Å². The van der Waals surface area contributed by atoms with Gasteiger partial charge in [-0.05, 0) is 47.4 Å². The third kappa shape index (κ3) is 7.44. The second-order valence-corrected chi connectivity index (χ2v) is 9.69. The first-order valence-corrected chi connectivity index (χ1v) is 12.8. The monoisotopic (exact) mass is 466 g/mol. The fourth-order valence-electron chi connectivity index (χ4n) is 3.33. The van der Waals surface area contributed by atoms with Crippen molar-refractivity contribution in [1.29, 1.82) is 0 Å². The maximum atomic E-state index is 12.4. The largest absolute Gasteiger partial charge is 0.375 e. The number of amides is 1. The number of carbonyl (C=O) groups excluding carboxylic acids is 1. The molecular weight excluding hydrogens is 436 g/mol. The van der Waals surface area contributed by atoms with Gasteiger partial charge in [0.1, 0.15) is 0 Å². The summed E-state index contributed by atoms with van der Waals surface area (Å²) in [5.41, 5.74) is 4.16. The molecule has 3 rings (SSSR count). The van der Waals surface area contributed by atoms with Crippen LogP contribution < -0.4 is 9.62 Å². The van der Waals surface area contributed by atoms with Gasteiger partial charge in [0, 0.05) is 12.1 Å². The summed E-state index contributed by atoms with van der Waals surface area (Å²) in [6.07, 6.45) is 2.09. The van der Waals surface area contributed by atoms with Crippen molar-refractivity contribution in [1.82, 2.24) is 5.32 Å². The molecule has 0 atom stereocenters. The Kier molecular flexibility index (Phi) is 8.63. The number of rotatable bonds is 11. The lowest BCUT2D eigenvalue weighted by Gasteiger charge is -2.23. The Morgan fingerprint density at radius 1 is 0.879 bits per heavy atom. The van der Waals surface area contributed by atoms with Gasteiger partial charge in [0.25, 0.3) is 5.91 Å². The number of anilines is 1. The highest BCUT2D eigenvalue weighted by Gasteiger charge is 2.18. The summed E-state index contributed by atoms with van der Waals surface area (Å²) < 4.78 is 31.7. The van der Waals surface area contributed by atoms with Gasteiger partial charge in [0.2, 0.25) is 10.0 Å². The van der Waals surface area contributed by atoms with Crippen LogP contribution in [0.15, 0.2) is 78.9 Å². The van der Waals surface area contributed by atoms with Crippen molar-refractivity contribution in [3.8, 4) is 0 Å². The van der Waals surface area contributed by atoms with Crippen LogP contribution in [0, 0.1) is 0 Å². The predicted molar refractivity (Wildman–Crippen MR) is 132 cm³/mol. The van der Waals surface area contributed by atoms with E-state index in [4.69, 9.17) is 4.74 Å². The molecule has 0 heterocycles. The molecule has 0 saturated carbocycles. The third-order valence-corrected chi connectivity index (χ3v) is 6.36. The number of aryl methyl sites for hydroxylation is 1. The summed E-state index contributed by atoms with van der Waals surface area (Å²) in [6.45, 7) is 3.57. The zero-order chi connectivity index (χ0) is 23.7. The maximum Gasteiger partial charge on any atom is 0.251 e. The van der Waals surface area contributed by atoms with Crippen LogP contribution in [0.5, 0.6) is 0 Å². The number of nitrogens with one attached hydrogen (secondary N) is 1. The lowest BCUT2D eigenvalue weighted by molar-refractivity contribution is 0.0901. The first kappa shape index (κ1) is 24.5. The highest BCUT2D eigenvalue weighted by Crippen LogP contribution is 2.21. The molecule has 0 aliphatic heterocycles. The lowest BCUT2D eigenvalue weighted by Crippen LogP contribution is -2.29. The molecule has 3 aromatic carbocycles. The van der Waals surface area contributed by atoms with Crippen molar-refractivity contribution >= 4 is 21.6 Å².